The minimum atomic E-state index is 0. The molecular weight excluding hydrogens is 374 g/mol. The van der Waals surface area contributed by atoms with Crippen molar-refractivity contribution in [3.05, 3.63) is 64.8 Å². The molecule has 1 atom stereocenters. The lowest BCUT2D eigenvalue weighted by molar-refractivity contribution is -0.359. The Morgan fingerprint density at radius 2 is 1.96 bits per heavy atom. The zero-order valence-corrected chi connectivity index (χ0v) is 17.6. The van der Waals surface area contributed by atoms with Gasteiger partial charge in [-0.05, 0) is 44.6 Å². The molecular formula is C22H26ClN3S. The van der Waals surface area contributed by atoms with E-state index in [1.54, 1.807) is 0 Å². The minimum absolute atomic E-state index is 0. The molecule has 1 unspecified atom stereocenters. The number of hydrogen-bond donors (Lipinski definition) is 2. The fourth-order valence-electron chi connectivity index (χ4n) is 3.81. The average Bonchev–Trinajstić information content (AvgIpc) is 2.68. The highest BCUT2D eigenvalue weighted by molar-refractivity contribution is 8.04. The highest BCUT2D eigenvalue weighted by Gasteiger charge is 2.36. The van der Waals surface area contributed by atoms with Crippen LogP contribution >= 0.6 is 11.8 Å². The smallest absolute Gasteiger partial charge is 0.217 e. The Morgan fingerprint density at radius 3 is 2.70 bits per heavy atom. The van der Waals surface area contributed by atoms with Crippen LogP contribution in [0.25, 0.3) is 0 Å². The van der Waals surface area contributed by atoms with E-state index in [0.717, 1.165) is 19.6 Å². The number of benzene rings is 1. The van der Waals surface area contributed by atoms with Crippen LogP contribution in [0.4, 0.5) is 11.4 Å². The van der Waals surface area contributed by atoms with Crippen molar-refractivity contribution in [2.24, 2.45) is 5.92 Å². The molecule has 142 valence electrons. The molecule has 0 aromatic heterocycles. The third-order valence-electron chi connectivity index (χ3n) is 5.14. The number of fused-ring (bicyclic) bond motifs is 4. The van der Waals surface area contributed by atoms with Crippen molar-refractivity contribution >= 4 is 28.8 Å². The molecule has 5 heteroatoms. The summed E-state index contributed by atoms with van der Waals surface area (Å²) in [5, 5.41) is 3.54. The van der Waals surface area contributed by atoms with Crippen LogP contribution in [0.3, 0.4) is 0 Å². The van der Waals surface area contributed by atoms with Crippen LogP contribution in [0, 0.1) is 5.92 Å². The molecule has 1 aromatic carbocycles. The summed E-state index contributed by atoms with van der Waals surface area (Å²) in [5.74, 6) is 0.303. The number of allylic oxidation sites excluding steroid dienone is 7. The first-order chi connectivity index (χ1) is 12.7. The van der Waals surface area contributed by atoms with E-state index in [1.165, 1.54) is 38.2 Å². The quantitative estimate of drug-likeness (QED) is 0.746. The van der Waals surface area contributed by atoms with Gasteiger partial charge in [0.15, 0.2) is 0 Å². The van der Waals surface area contributed by atoms with Gasteiger partial charge in [-0.3, -0.25) is 0 Å². The summed E-state index contributed by atoms with van der Waals surface area (Å²) in [6.45, 7) is 9.57. The summed E-state index contributed by atoms with van der Waals surface area (Å²) in [5.41, 5.74) is 6.41. The Balaban J connectivity index is 0.00000210. The van der Waals surface area contributed by atoms with E-state index in [1.807, 2.05) is 11.8 Å². The summed E-state index contributed by atoms with van der Waals surface area (Å²) in [6, 6.07) is 6.78. The number of thioether (sulfide) groups is 1. The normalized spacial score (nSPS) is 19.3. The molecule has 2 N–H and O–H groups in total. The molecule has 3 nitrogen and oxygen atoms in total. The minimum Gasteiger partial charge on any atom is -1.00 e. The first kappa shape index (κ1) is 19.8. The molecule has 27 heavy (non-hydrogen) atoms. The third kappa shape index (κ3) is 3.61. The predicted molar refractivity (Wildman–Crippen MR) is 112 cm³/mol. The molecule has 0 amide bonds. The standard InChI is InChI=1S/C22H25N3S.ClH/c1-4-23-19-14-21-22(17-10-8-7-9-16(17)19)24-18-12-11-15(13-20(18)26-21)25(5-2)6-3;/h7-14,17,23H,4-6H2,1-3H3;1H. The number of nitrogens with zero attached hydrogens (tertiary/aromatic N) is 1. The van der Waals surface area contributed by atoms with E-state index < -0.39 is 0 Å². The Labute approximate surface area is 172 Å². The lowest BCUT2D eigenvalue weighted by Crippen LogP contribution is -3.00. The van der Waals surface area contributed by atoms with Crippen molar-refractivity contribution in [1.29, 1.82) is 0 Å². The number of anilines is 1. The molecule has 0 fully saturated rings. The molecule has 1 heterocycles. The van der Waals surface area contributed by atoms with Crippen LogP contribution in [-0.2, 0) is 0 Å². The van der Waals surface area contributed by atoms with E-state index >= 15 is 0 Å². The number of likely N-dealkylation sites (N-methyl/N-ethyl adjacent to an activating group) is 1. The Bertz CT molecular complexity index is 876. The number of halogens is 1. The fraction of sp³-hybridized carbons (Fsp3) is 0.318. The SMILES string of the molecule is CCNC1=C2C=CC=CC2C2=[NH+]c3ccc(N(CC)CC)cc3SC2=C1.[Cl-]. The lowest BCUT2D eigenvalue weighted by atomic mass is 9.84. The van der Waals surface area contributed by atoms with E-state index in [4.69, 9.17) is 0 Å². The van der Waals surface area contributed by atoms with Gasteiger partial charge in [-0.15, -0.1) is 0 Å². The Kier molecular flexibility index (Phi) is 6.18. The van der Waals surface area contributed by atoms with Crippen LogP contribution in [-0.4, -0.2) is 25.3 Å². The monoisotopic (exact) mass is 399 g/mol. The molecule has 0 saturated carbocycles. The van der Waals surface area contributed by atoms with Crippen LogP contribution in [0.1, 0.15) is 20.8 Å². The summed E-state index contributed by atoms with van der Waals surface area (Å²) >= 11 is 1.88. The first-order valence-electron chi connectivity index (χ1n) is 9.50. The van der Waals surface area contributed by atoms with Gasteiger partial charge in [-0.2, -0.15) is 0 Å². The maximum absolute atomic E-state index is 3.72. The van der Waals surface area contributed by atoms with Crippen LogP contribution < -0.4 is 27.6 Å². The van der Waals surface area contributed by atoms with E-state index in [9.17, 15) is 0 Å². The predicted octanol–water partition coefficient (Wildman–Crippen LogP) is 0.299. The molecule has 3 aliphatic rings. The number of hydrogen-bond acceptors (Lipinski definition) is 3. The van der Waals surface area contributed by atoms with Crippen molar-refractivity contribution in [1.82, 2.24) is 5.32 Å². The van der Waals surface area contributed by atoms with Gasteiger partial charge in [0.25, 0.3) is 0 Å². The second kappa shape index (κ2) is 8.41. The maximum Gasteiger partial charge on any atom is 0.217 e. The molecule has 1 aliphatic heterocycles. The van der Waals surface area contributed by atoms with Gasteiger partial charge in [0, 0.05) is 37.1 Å². The molecule has 4 rings (SSSR count). The van der Waals surface area contributed by atoms with E-state index in [0.29, 0.717) is 5.92 Å². The number of nitrogens with one attached hydrogen (secondary N) is 2. The van der Waals surface area contributed by atoms with Gasteiger partial charge >= 0.3 is 0 Å². The summed E-state index contributed by atoms with van der Waals surface area (Å²) in [7, 11) is 0. The molecule has 1 aromatic rings. The highest BCUT2D eigenvalue weighted by Crippen LogP contribution is 2.41. The van der Waals surface area contributed by atoms with Gasteiger partial charge in [-0.25, -0.2) is 4.99 Å². The van der Waals surface area contributed by atoms with E-state index in [-0.39, 0.29) is 12.4 Å². The molecule has 0 bridgehead atoms. The van der Waals surface area contributed by atoms with Crippen molar-refractivity contribution in [2.75, 3.05) is 24.5 Å². The van der Waals surface area contributed by atoms with Crippen molar-refractivity contribution in [3.63, 3.8) is 0 Å². The van der Waals surface area contributed by atoms with Gasteiger partial charge in [0.05, 0.1) is 15.7 Å². The van der Waals surface area contributed by atoms with Crippen molar-refractivity contribution < 1.29 is 17.4 Å². The van der Waals surface area contributed by atoms with Gasteiger partial charge < -0.3 is 22.6 Å². The zero-order chi connectivity index (χ0) is 18.1. The average molecular weight is 400 g/mol. The molecule has 2 aliphatic carbocycles. The second-order valence-electron chi connectivity index (χ2n) is 6.62. The summed E-state index contributed by atoms with van der Waals surface area (Å²) < 4.78 is 0. The summed E-state index contributed by atoms with van der Waals surface area (Å²) in [4.78, 5) is 8.74. The molecule has 0 radical (unpaired) electrons. The van der Waals surface area contributed by atoms with Gasteiger partial charge in [0.2, 0.25) is 11.4 Å². The largest absolute Gasteiger partial charge is 1.00 e. The topological polar surface area (TPSA) is 29.2 Å². The van der Waals surface area contributed by atoms with Crippen LogP contribution in [0.15, 0.2) is 69.6 Å². The maximum atomic E-state index is 3.72. The van der Waals surface area contributed by atoms with Gasteiger partial charge in [-0.1, -0.05) is 36.1 Å². The third-order valence-corrected chi connectivity index (χ3v) is 6.25. The summed E-state index contributed by atoms with van der Waals surface area (Å²) in [6.07, 6.45) is 11.1. The number of rotatable bonds is 5. The Morgan fingerprint density at radius 1 is 1.15 bits per heavy atom. The Hall–Kier alpha value is -1.91. The van der Waals surface area contributed by atoms with Crippen LogP contribution in [0.2, 0.25) is 0 Å². The van der Waals surface area contributed by atoms with Crippen molar-refractivity contribution in [3.8, 4) is 0 Å². The van der Waals surface area contributed by atoms with Crippen LogP contribution in [0.5, 0.6) is 0 Å². The molecule has 0 spiro atoms. The second-order valence-corrected chi connectivity index (χ2v) is 7.71. The highest BCUT2D eigenvalue weighted by atomic mass is 35.5. The van der Waals surface area contributed by atoms with Gasteiger partial charge in [0.1, 0.15) is 0 Å². The van der Waals surface area contributed by atoms with E-state index in [2.05, 4.69) is 84.6 Å². The molecule has 0 saturated heterocycles. The zero-order valence-electron chi connectivity index (χ0n) is 16.1. The van der Waals surface area contributed by atoms with Crippen molar-refractivity contribution in [2.45, 2.75) is 25.7 Å². The first-order valence-corrected chi connectivity index (χ1v) is 10.3. The fourth-order valence-corrected chi connectivity index (χ4v) is 4.92. The lowest BCUT2D eigenvalue weighted by Gasteiger charge is -2.28.